The van der Waals surface area contributed by atoms with Crippen LogP contribution in [-0.2, 0) is 0 Å². The van der Waals surface area contributed by atoms with Crippen LogP contribution in [-0.4, -0.2) is 49.3 Å². The van der Waals surface area contributed by atoms with Crippen molar-refractivity contribution in [2.75, 3.05) is 45.1 Å². The number of hydrogen-bond donors (Lipinski definition) is 3. The molecular formula is C25H29FN6O. The summed E-state index contributed by atoms with van der Waals surface area (Å²) in [5, 5.41) is 9.67. The topological polar surface area (TPSA) is 74.3 Å². The van der Waals surface area contributed by atoms with Gasteiger partial charge in [-0.15, -0.1) is 0 Å². The molecule has 0 aliphatic carbocycles. The number of anilines is 4. The highest BCUT2D eigenvalue weighted by Gasteiger charge is 2.08. The zero-order valence-electron chi connectivity index (χ0n) is 19.2. The summed E-state index contributed by atoms with van der Waals surface area (Å²) in [6.45, 7) is 1.74. The van der Waals surface area contributed by atoms with Crippen LogP contribution < -0.4 is 20.7 Å². The number of nitrogens with zero attached hydrogens (tertiary/aromatic N) is 3. The molecule has 0 aliphatic rings. The first-order valence-corrected chi connectivity index (χ1v) is 10.7. The smallest absolute Gasteiger partial charge is 0.229 e. The van der Waals surface area contributed by atoms with Crippen molar-refractivity contribution < 1.29 is 9.13 Å². The zero-order valence-corrected chi connectivity index (χ0v) is 19.2. The lowest BCUT2D eigenvalue weighted by atomic mass is 10.2. The van der Waals surface area contributed by atoms with Gasteiger partial charge in [0.1, 0.15) is 11.6 Å². The van der Waals surface area contributed by atoms with Crippen molar-refractivity contribution in [2.24, 2.45) is 0 Å². The lowest BCUT2D eigenvalue weighted by Gasteiger charge is -2.11. The highest BCUT2D eigenvalue weighted by molar-refractivity contribution is 5.66. The maximum Gasteiger partial charge on any atom is 0.229 e. The van der Waals surface area contributed by atoms with Gasteiger partial charge in [-0.2, -0.15) is 4.98 Å². The standard InChI is InChI=1S/C25H29FN6O/c1-32(2)18-27-15-6-4-5-8-19-17-28-25(30-22-10-7-9-20(26)16-22)31-24(19)29-21-11-13-23(33-3)14-12-21/h7,9-14,16-17,27H,4,6,15,18H2,1-3H3,(H2,28,29,30,31). The summed E-state index contributed by atoms with van der Waals surface area (Å²) in [5.41, 5.74) is 2.08. The molecule has 7 nitrogen and oxygen atoms in total. The quantitative estimate of drug-likeness (QED) is 0.242. The van der Waals surface area contributed by atoms with Crippen LogP contribution in [0.3, 0.4) is 0 Å². The lowest BCUT2D eigenvalue weighted by molar-refractivity contribution is 0.368. The Bertz CT molecular complexity index is 1090. The van der Waals surface area contributed by atoms with Gasteiger partial charge in [-0.25, -0.2) is 9.37 Å². The first-order chi connectivity index (χ1) is 16.0. The van der Waals surface area contributed by atoms with Crippen LogP contribution in [0.1, 0.15) is 18.4 Å². The van der Waals surface area contributed by atoms with E-state index in [1.807, 2.05) is 38.4 Å². The van der Waals surface area contributed by atoms with E-state index >= 15 is 0 Å². The van der Waals surface area contributed by atoms with E-state index in [-0.39, 0.29) is 5.82 Å². The Labute approximate surface area is 194 Å². The number of unbranched alkanes of at least 4 members (excludes halogenated alkanes) is 1. The summed E-state index contributed by atoms with van der Waals surface area (Å²) >= 11 is 0. The van der Waals surface area contributed by atoms with Crippen molar-refractivity contribution in [3.63, 3.8) is 0 Å². The monoisotopic (exact) mass is 448 g/mol. The molecule has 172 valence electrons. The molecule has 8 heteroatoms. The van der Waals surface area contributed by atoms with Gasteiger partial charge in [0.2, 0.25) is 5.95 Å². The number of nitrogens with one attached hydrogen (secondary N) is 3. The molecule has 0 amide bonds. The van der Waals surface area contributed by atoms with Gasteiger partial charge in [-0.05, 0) is 69.5 Å². The summed E-state index contributed by atoms with van der Waals surface area (Å²) in [5.74, 6) is 7.70. The second kappa shape index (κ2) is 12.4. The minimum atomic E-state index is -0.334. The molecule has 2 aromatic carbocycles. The Balaban J connectivity index is 1.75. The highest BCUT2D eigenvalue weighted by atomic mass is 19.1. The third-order valence-corrected chi connectivity index (χ3v) is 4.53. The van der Waals surface area contributed by atoms with Crippen LogP contribution in [0.15, 0.2) is 54.7 Å². The molecule has 0 saturated heterocycles. The Morgan fingerprint density at radius 2 is 1.88 bits per heavy atom. The van der Waals surface area contributed by atoms with Crippen LogP contribution in [0.25, 0.3) is 0 Å². The Hall–Kier alpha value is -3.67. The van der Waals surface area contributed by atoms with E-state index in [1.165, 1.54) is 12.1 Å². The summed E-state index contributed by atoms with van der Waals surface area (Å²) in [7, 11) is 5.68. The van der Waals surface area contributed by atoms with Gasteiger partial charge in [-0.1, -0.05) is 17.9 Å². The van der Waals surface area contributed by atoms with Crippen LogP contribution in [0.4, 0.5) is 27.5 Å². The van der Waals surface area contributed by atoms with E-state index in [4.69, 9.17) is 4.74 Å². The van der Waals surface area contributed by atoms with E-state index in [0.717, 1.165) is 37.5 Å². The van der Waals surface area contributed by atoms with Crippen molar-refractivity contribution in [1.82, 2.24) is 20.2 Å². The molecule has 0 unspecified atom stereocenters. The number of methoxy groups -OCH3 is 1. The number of rotatable bonds is 10. The third kappa shape index (κ3) is 8.07. The molecule has 1 heterocycles. The molecule has 0 aliphatic heterocycles. The van der Waals surface area contributed by atoms with Gasteiger partial charge in [-0.3, -0.25) is 4.90 Å². The number of benzene rings is 2. The van der Waals surface area contributed by atoms with E-state index in [0.29, 0.717) is 23.0 Å². The average Bonchev–Trinajstić information content (AvgIpc) is 2.80. The molecule has 3 N–H and O–H groups in total. The van der Waals surface area contributed by atoms with Crippen molar-refractivity contribution in [3.8, 4) is 17.6 Å². The Kier molecular flexibility index (Phi) is 9.00. The number of aromatic nitrogens is 2. The van der Waals surface area contributed by atoms with Crippen molar-refractivity contribution in [3.05, 3.63) is 66.1 Å². The van der Waals surface area contributed by atoms with Gasteiger partial charge in [0.05, 0.1) is 18.9 Å². The van der Waals surface area contributed by atoms with E-state index < -0.39 is 0 Å². The van der Waals surface area contributed by atoms with Crippen LogP contribution in [0, 0.1) is 17.7 Å². The number of halogens is 1. The summed E-state index contributed by atoms with van der Waals surface area (Å²) < 4.78 is 18.7. The lowest BCUT2D eigenvalue weighted by Crippen LogP contribution is -2.28. The van der Waals surface area contributed by atoms with Crippen LogP contribution in [0.2, 0.25) is 0 Å². The fraction of sp³-hybridized carbons (Fsp3) is 0.280. The molecule has 0 spiro atoms. The van der Waals surface area contributed by atoms with Gasteiger partial charge < -0.3 is 20.7 Å². The highest BCUT2D eigenvalue weighted by Crippen LogP contribution is 2.23. The van der Waals surface area contributed by atoms with Gasteiger partial charge in [0, 0.05) is 24.5 Å². The number of hydrogen-bond acceptors (Lipinski definition) is 7. The minimum absolute atomic E-state index is 0.334. The fourth-order valence-electron chi connectivity index (χ4n) is 2.90. The normalized spacial score (nSPS) is 10.5. The molecule has 0 bridgehead atoms. The first kappa shape index (κ1) is 24.0. The fourth-order valence-corrected chi connectivity index (χ4v) is 2.90. The zero-order chi connectivity index (χ0) is 23.5. The molecule has 3 aromatic rings. The van der Waals surface area contributed by atoms with Gasteiger partial charge in [0.15, 0.2) is 5.82 Å². The number of ether oxygens (including phenoxy) is 1. The van der Waals surface area contributed by atoms with E-state index in [2.05, 4.69) is 42.7 Å². The van der Waals surface area contributed by atoms with Crippen molar-refractivity contribution in [2.45, 2.75) is 12.8 Å². The third-order valence-electron chi connectivity index (χ3n) is 4.53. The Morgan fingerprint density at radius 1 is 1.06 bits per heavy atom. The molecule has 1 aromatic heterocycles. The predicted molar refractivity (Wildman–Crippen MR) is 131 cm³/mol. The molecule has 3 rings (SSSR count). The summed E-state index contributed by atoms with van der Waals surface area (Å²) in [6, 6.07) is 13.7. The molecule has 0 radical (unpaired) electrons. The van der Waals surface area contributed by atoms with E-state index in [9.17, 15) is 4.39 Å². The second-order valence-corrected chi connectivity index (χ2v) is 7.59. The Morgan fingerprint density at radius 3 is 2.61 bits per heavy atom. The van der Waals surface area contributed by atoms with Crippen LogP contribution in [0.5, 0.6) is 5.75 Å². The van der Waals surface area contributed by atoms with Crippen LogP contribution >= 0.6 is 0 Å². The molecule has 0 saturated carbocycles. The van der Waals surface area contributed by atoms with Gasteiger partial charge >= 0.3 is 0 Å². The first-order valence-electron chi connectivity index (χ1n) is 10.7. The van der Waals surface area contributed by atoms with Crippen molar-refractivity contribution in [1.29, 1.82) is 0 Å². The second-order valence-electron chi connectivity index (χ2n) is 7.59. The molecule has 0 atom stereocenters. The summed E-state index contributed by atoms with van der Waals surface area (Å²) in [6.07, 6.45) is 3.37. The summed E-state index contributed by atoms with van der Waals surface area (Å²) in [4.78, 5) is 11.0. The van der Waals surface area contributed by atoms with Gasteiger partial charge in [0.25, 0.3) is 0 Å². The molecule has 0 fully saturated rings. The maximum atomic E-state index is 13.5. The molecular weight excluding hydrogens is 419 g/mol. The largest absolute Gasteiger partial charge is 0.497 e. The average molecular weight is 449 g/mol. The van der Waals surface area contributed by atoms with Crippen molar-refractivity contribution >= 4 is 23.1 Å². The SMILES string of the molecule is COc1ccc(Nc2nc(Nc3cccc(F)c3)ncc2C#CCCCNCN(C)C)cc1. The van der Waals surface area contributed by atoms with E-state index in [1.54, 1.807) is 25.4 Å². The minimum Gasteiger partial charge on any atom is -0.497 e. The maximum absolute atomic E-state index is 13.5. The predicted octanol–water partition coefficient (Wildman–Crippen LogP) is 4.35. The molecule has 33 heavy (non-hydrogen) atoms.